The average molecular weight is 706 g/mol. The average Bonchev–Trinajstić information content (AvgIpc) is 3.68. The lowest BCUT2D eigenvalue weighted by Gasteiger charge is -2.36. The Morgan fingerprint density at radius 1 is 1.04 bits per heavy atom. The number of nitrogens with one attached hydrogen (secondary N) is 4. The van der Waals surface area contributed by atoms with Crippen LogP contribution in [0.4, 0.5) is 9.59 Å². The molecule has 2 aliphatic heterocycles. The van der Waals surface area contributed by atoms with Gasteiger partial charge < -0.3 is 45.7 Å². The van der Waals surface area contributed by atoms with Gasteiger partial charge in [0.25, 0.3) is 0 Å². The Labute approximate surface area is 286 Å². The number of urea groups is 1. The van der Waals surface area contributed by atoms with Gasteiger partial charge in [-0.3, -0.25) is 4.79 Å². The smallest absolute Gasteiger partial charge is 0.407 e. The van der Waals surface area contributed by atoms with Gasteiger partial charge in [0.1, 0.15) is 11.9 Å². The fourth-order valence-corrected chi connectivity index (χ4v) is 7.22. The van der Waals surface area contributed by atoms with Crippen LogP contribution in [0.5, 0.6) is 5.75 Å². The summed E-state index contributed by atoms with van der Waals surface area (Å²) >= 11 is 0. The number of hydrogen-bond donors (Lipinski definition) is 6. The van der Waals surface area contributed by atoms with Crippen LogP contribution in [0.1, 0.15) is 38.7 Å². The maximum Gasteiger partial charge on any atom is 0.407 e. The predicted molar refractivity (Wildman–Crippen MR) is 178 cm³/mol. The van der Waals surface area contributed by atoms with E-state index in [0.29, 0.717) is 25.2 Å². The predicted octanol–water partition coefficient (Wildman–Crippen LogP) is 1.39. The summed E-state index contributed by atoms with van der Waals surface area (Å²) in [5, 5.41) is 19.8. The van der Waals surface area contributed by atoms with E-state index in [4.69, 9.17) is 24.7 Å². The van der Waals surface area contributed by atoms with E-state index in [-0.39, 0.29) is 43.4 Å². The lowest BCUT2D eigenvalue weighted by molar-refractivity contribution is -0.117. The van der Waals surface area contributed by atoms with Crippen LogP contribution in [-0.2, 0) is 35.4 Å². The molecule has 0 aromatic heterocycles. The molecule has 2 aromatic rings. The molecule has 0 bridgehead atoms. The monoisotopic (exact) mass is 705 g/mol. The SMILES string of the molecule is COc1ccc(S(=O)(=O)NC(CC(C)(C)CCNC(=O)NCC(N)=O)[C@H](O)[C@H](Cc2ccccc2)NC(=O)O[C@@H]2CO[C@@H]3OCC[C@@H]32)cc1. The van der Waals surface area contributed by atoms with Crippen LogP contribution in [0.3, 0.4) is 0 Å². The first-order chi connectivity index (χ1) is 23.3. The van der Waals surface area contributed by atoms with Crippen molar-refractivity contribution in [2.45, 2.75) is 75.0 Å². The number of sulfonamides is 1. The van der Waals surface area contributed by atoms with Gasteiger partial charge in [0.05, 0.1) is 55.9 Å². The van der Waals surface area contributed by atoms with Gasteiger partial charge in [-0.05, 0) is 60.9 Å². The van der Waals surface area contributed by atoms with Gasteiger partial charge in [0, 0.05) is 6.54 Å². The molecule has 2 heterocycles. The summed E-state index contributed by atoms with van der Waals surface area (Å²) in [5.41, 5.74) is 5.22. The van der Waals surface area contributed by atoms with Crippen LogP contribution in [-0.4, -0.2) is 95.6 Å². The van der Waals surface area contributed by atoms with E-state index in [1.807, 2.05) is 44.2 Å². The summed E-state index contributed by atoms with van der Waals surface area (Å²) in [4.78, 5) is 36.3. The number of rotatable bonds is 17. The highest BCUT2D eigenvalue weighted by Gasteiger charge is 2.44. The molecule has 0 aliphatic carbocycles. The Hall–Kier alpha value is -3.96. The van der Waals surface area contributed by atoms with Gasteiger partial charge >= 0.3 is 12.1 Å². The van der Waals surface area contributed by atoms with E-state index >= 15 is 0 Å². The molecule has 0 saturated carbocycles. The van der Waals surface area contributed by atoms with Crippen molar-refractivity contribution < 1.29 is 46.9 Å². The molecule has 4 rings (SSSR count). The van der Waals surface area contributed by atoms with Crippen LogP contribution in [0.15, 0.2) is 59.5 Å². The number of carbonyl (C=O) groups is 3. The molecule has 0 radical (unpaired) electrons. The maximum absolute atomic E-state index is 13.7. The molecule has 49 heavy (non-hydrogen) atoms. The Kier molecular flexibility index (Phi) is 13.2. The molecule has 270 valence electrons. The summed E-state index contributed by atoms with van der Waals surface area (Å²) in [6.07, 6.45) is -1.84. The minimum absolute atomic E-state index is 0.0438. The van der Waals surface area contributed by atoms with Gasteiger partial charge in [0.2, 0.25) is 15.9 Å². The van der Waals surface area contributed by atoms with E-state index in [9.17, 15) is 27.9 Å². The molecule has 15 nitrogen and oxygen atoms in total. The van der Waals surface area contributed by atoms with Gasteiger partial charge in [-0.2, -0.15) is 0 Å². The highest BCUT2D eigenvalue weighted by Crippen LogP contribution is 2.33. The fraction of sp³-hybridized carbons (Fsp3) is 0.545. The van der Waals surface area contributed by atoms with E-state index in [1.54, 1.807) is 0 Å². The quantitative estimate of drug-likeness (QED) is 0.139. The number of alkyl carbamates (subject to hydrolysis) is 1. The highest BCUT2D eigenvalue weighted by molar-refractivity contribution is 7.89. The van der Waals surface area contributed by atoms with Gasteiger partial charge in [-0.15, -0.1) is 0 Å². The number of primary amides is 1. The Morgan fingerprint density at radius 2 is 1.76 bits per heavy atom. The summed E-state index contributed by atoms with van der Waals surface area (Å²) in [6.45, 7) is 4.28. The zero-order chi connectivity index (χ0) is 35.6. The number of benzene rings is 2. The first kappa shape index (κ1) is 37.9. The van der Waals surface area contributed by atoms with Crippen molar-refractivity contribution in [1.29, 1.82) is 0 Å². The number of amides is 4. The second kappa shape index (κ2) is 17.1. The molecule has 1 unspecified atom stereocenters. The van der Waals surface area contributed by atoms with Crippen molar-refractivity contribution in [3.63, 3.8) is 0 Å². The first-order valence-corrected chi connectivity index (χ1v) is 17.6. The Morgan fingerprint density at radius 3 is 2.43 bits per heavy atom. The topological polar surface area (TPSA) is 217 Å². The van der Waals surface area contributed by atoms with E-state index in [0.717, 1.165) is 5.56 Å². The molecule has 6 atom stereocenters. The minimum Gasteiger partial charge on any atom is -0.497 e. The number of hydrogen-bond acceptors (Lipinski definition) is 10. The van der Waals surface area contributed by atoms with Crippen molar-refractivity contribution in [3.05, 3.63) is 60.2 Å². The third-order valence-corrected chi connectivity index (χ3v) is 10.1. The van der Waals surface area contributed by atoms with Gasteiger partial charge in [-0.25, -0.2) is 22.7 Å². The Balaban J connectivity index is 1.55. The number of nitrogens with two attached hydrogens (primary N) is 1. The summed E-state index contributed by atoms with van der Waals surface area (Å²) in [7, 11) is -2.71. The van der Waals surface area contributed by atoms with Crippen LogP contribution < -0.4 is 31.1 Å². The van der Waals surface area contributed by atoms with Gasteiger partial charge in [0.15, 0.2) is 6.29 Å². The Bertz CT molecular complexity index is 1510. The van der Waals surface area contributed by atoms with Crippen molar-refractivity contribution in [2.24, 2.45) is 17.1 Å². The van der Waals surface area contributed by atoms with Crippen LogP contribution in [0.2, 0.25) is 0 Å². The molecular weight excluding hydrogens is 658 g/mol. The molecule has 2 aromatic carbocycles. The number of fused-ring (bicyclic) bond motifs is 1. The molecule has 16 heteroatoms. The lowest BCUT2D eigenvalue weighted by Crippen LogP contribution is -2.56. The third-order valence-electron chi connectivity index (χ3n) is 8.63. The lowest BCUT2D eigenvalue weighted by atomic mass is 9.80. The second-order valence-corrected chi connectivity index (χ2v) is 14.7. The van der Waals surface area contributed by atoms with Crippen molar-refractivity contribution in [3.8, 4) is 5.75 Å². The van der Waals surface area contributed by atoms with E-state index in [1.165, 1.54) is 31.4 Å². The largest absolute Gasteiger partial charge is 0.497 e. The molecule has 2 aliphatic rings. The summed E-state index contributed by atoms with van der Waals surface area (Å²) < 4.78 is 52.1. The number of aliphatic hydroxyl groups excluding tert-OH is 1. The highest BCUT2D eigenvalue weighted by atomic mass is 32.2. The minimum atomic E-state index is -4.18. The third kappa shape index (κ3) is 11.3. The number of methoxy groups -OCH3 is 1. The number of ether oxygens (including phenoxy) is 4. The van der Waals surface area contributed by atoms with Crippen molar-refractivity contribution in [2.75, 3.05) is 33.4 Å². The molecule has 2 saturated heterocycles. The summed E-state index contributed by atoms with van der Waals surface area (Å²) in [5.74, 6) is -0.315. The number of aliphatic hydroxyl groups is 1. The molecular formula is C33H47N5O10S. The maximum atomic E-state index is 13.7. The zero-order valence-electron chi connectivity index (χ0n) is 27.9. The zero-order valence-corrected chi connectivity index (χ0v) is 28.7. The van der Waals surface area contributed by atoms with E-state index < -0.39 is 64.1 Å². The van der Waals surface area contributed by atoms with E-state index in [2.05, 4.69) is 20.7 Å². The summed E-state index contributed by atoms with van der Waals surface area (Å²) in [6, 6.07) is 12.3. The molecule has 7 N–H and O–H groups in total. The van der Waals surface area contributed by atoms with Crippen LogP contribution in [0, 0.1) is 11.3 Å². The molecule has 4 amide bonds. The van der Waals surface area contributed by atoms with Crippen LogP contribution in [0.25, 0.3) is 0 Å². The second-order valence-electron chi connectivity index (χ2n) is 13.0. The van der Waals surface area contributed by atoms with Crippen LogP contribution >= 0.6 is 0 Å². The number of carbonyl (C=O) groups excluding carboxylic acids is 3. The van der Waals surface area contributed by atoms with Crippen molar-refractivity contribution >= 4 is 28.1 Å². The fourth-order valence-electron chi connectivity index (χ4n) is 5.97. The van der Waals surface area contributed by atoms with Crippen molar-refractivity contribution in [1.82, 2.24) is 20.7 Å². The molecule has 2 fully saturated rings. The first-order valence-electron chi connectivity index (χ1n) is 16.1. The molecule has 0 spiro atoms. The normalized spacial score (nSPS) is 20.8. The standard InChI is InChI=1S/C33H47N5O10S/c1-33(2,14-15-35-31(41)36-19-28(34)39)18-26(38-49(43,44)23-11-9-22(45-3)10-12-23)29(40)25(17-21-7-5-4-6-8-21)37-32(42)48-27-20-47-30-24(27)13-16-46-30/h4-12,24-27,29-30,38,40H,13-20H2,1-3H3,(H2,34,39)(H,37,42)(H2,35,36,41)/t24-,25+,26?,27-,29-,30+/m1/s1. The van der Waals surface area contributed by atoms with Gasteiger partial charge in [-0.1, -0.05) is 44.2 Å².